The SMILES string of the molecule is CCOCCOCCOCC.COCCOCCOC. The van der Waals surface area contributed by atoms with Gasteiger partial charge in [-0.1, -0.05) is 0 Å². The molecule has 0 amide bonds. The van der Waals surface area contributed by atoms with Gasteiger partial charge in [0.2, 0.25) is 0 Å². The minimum absolute atomic E-state index is 0.653. The van der Waals surface area contributed by atoms with Crippen molar-refractivity contribution in [3.8, 4) is 0 Å². The van der Waals surface area contributed by atoms with E-state index >= 15 is 0 Å². The van der Waals surface area contributed by atoms with E-state index in [0.29, 0.717) is 52.9 Å². The molecule has 0 aliphatic rings. The summed E-state index contributed by atoms with van der Waals surface area (Å²) in [5.74, 6) is 0. The van der Waals surface area contributed by atoms with Crippen LogP contribution in [0.25, 0.3) is 0 Å². The van der Waals surface area contributed by atoms with Crippen molar-refractivity contribution in [1.82, 2.24) is 0 Å². The quantitative estimate of drug-likeness (QED) is 0.451. The summed E-state index contributed by atoms with van der Waals surface area (Å²) in [5, 5.41) is 0. The van der Waals surface area contributed by atoms with Gasteiger partial charge in [-0.15, -0.1) is 0 Å². The highest BCUT2D eigenvalue weighted by Crippen LogP contribution is 1.79. The summed E-state index contributed by atoms with van der Waals surface area (Å²) in [5.41, 5.74) is 0. The molecular weight excluding hydrogens is 264 g/mol. The van der Waals surface area contributed by atoms with Gasteiger partial charge in [-0.2, -0.15) is 0 Å². The van der Waals surface area contributed by atoms with Crippen LogP contribution in [-0.4, -0.2) is 80.3 Å². The Morgan fingerprint density at radius 1 is 0.450 bits per heavy atom. The Bertz CT molecular complexity index is 132. The maximum absolute atomic E-state index is 5.19. The molecule has 0 heterocycles. The van der Waals surface area contributed by atoms with E-state index in [1.54, 1.807) is 14.2 Å². The monoisotopic (exact) mass is 296 g/mol. The minimum Gasteiger partial charge on any atom is -0.382 e. The molecule has 20 heavy (non-hydrogen) atoms. The first-order chi connectivity index (χ1) is 9.83. The minimum atomic E-state index is 0.653. The molecule has 0 bridgehead atoms. The topological polar surface area (TPSA) is 55.4 Å². The van der Waals surface area contributed by atoms with Gasteiger partial charge in [-0.05, 0) is 13.8 Å². The zero-order chi connectivity index (χ0) is 15.3. The van der Waals surface area contributed by atoms with Crippen molar-refractivity contribution in [3.63, 3.8) is 0 Å². The molecule has 0 aliphatic heterocycles. The van der Waals surface area contributed by atoms with Crippen LogP contribution in [0.2, 0.25) is 0 Å². The summed E-state index contributed by atoms with van der Waals surface area (Å²) in [7, 11) is 3.30. The van der Waals surface area contributed by atoms with Crippen LogP contribution in [0.15, 0.2) is 0 Å². The van der Waals surface area contributed by atoms with E-state index in [2.05, 4.69) is 0 Å². The second-order valence-electron chi connectivity index (χ2n) is 3.60. The van der Waals surface area contributed by atoms with Crippen molar-refractivity contribution in [1.29, 1.82) is 0 Å². The Kier molecular flexibility index (Phi) is 26.3. The lowest BCUT2D eigenvalue weighted by Crippen LogP contribution is -2.08. The average molecular weight is 296 g/mol. The molecule has 0 aromatic rings. The van der Waals surface area contributed by atoms with E-state index in [1.807, 2.05) is 13.8 Å². The van der Waals surface area contributed by atoms with Gasteiger partial charge in [0.05, 0.1) is 52.9 Å². The molecule has 0 radical (unpaired) electrons. The van der Waals surface area contributed by atoms with Crippen LogP contribution in [0.3, 0.4) is 0 Å². The van der Waals surface area contributed by atoms with Crippen LogP contribution in [-0.2, 0) is 28.4 Å². The molecule has 0 rings (SSSR count). The van der Waals surface area contributed by atoms with Gasteiger partial charge in [0, 0.05) is 27.4 Å². The standard InChI is InChI=1S/C8H18O3.C6H14O3/c1-3-9-5-7-11-8-6-10-4-2;1-7-3-5-9-6-4-8-2/h3-8H2,1-2H3;3-6H2,1-2H3. The van der Waals surface area contributed by atoms with Crippen LogP contribution in [0.4, 0.5) is 0 Å². The highest BCUT2D eigenvalue weighted by molar-refractivity contribution is 4.30. The highest BCUT2D eigenvalue weighted by atomic mass is 16.5. The number of rotatable bonds is 14. The molecule has 0 atom stereocenters. The molecule has 0 unspecified atom stereocenters. The molecule has 0 fully saturated rings. The smallest absolute Gasteiger partial charge is 0.0701 e. The summed E-state index contributed by atoms with van der Waals surface area (Å²) in [6.07, 6.45) is 0. The predicted octanol–water partition coefficient (Wildman–Crippen LogP) is 1.37. The zero-order valence-corrected chi connectivity index (χ0v) is 13.5. The van der Waals surface area contributed by atoms with Crippen molar-refractivity contribution < 1.29 is 28.4 Å². The molecule has 0 aliphatic carbocycles. The third kappa shape index (κ3) is 26.3. The maximum Gasteiger partial charge on any atom is 0.0701 e. The second kappa shape index (κ2) is 23.8. The summed E-state index contributed by atoms with van der Waals surface area (Å²) < 4.78 is 29.9. The zero-order valence-electron chi connectivity index (χ0n) is 13.5. The van der Waals surface area contributed by atoms with Crippen LogP contribution in [0.5, 0.6) is 0 Å². The Morgan fingerprint density at radius 3 is 1.05 bits per heavy atom. The van der Waals surface area contributed by atoms with Crippen LogP contribution in [0.1, 0.15) is 13.8 Å². The lowest BCUT2D eigenvalue weighted by Gasteiger charge is -2.03. The van der Waals surface area contributed by atoms with Crippen LogP contribution in [0, 0.1) is 0 Å². The Balaban J connectivity index is 0. The normalized spacial score (nSPS) is 10.2. The fourth-order valence-electron chi connectivity index (χ4n) is 1.01. The van der Waals surface area contributed by atoms with Crippen molar-refractivity contribution in [2.24, 2.45) is 0 Å². The summed E-state index contributed by atoms with van der Waals surface area (Å²) in [6.45, 7) is 10.8. The predicted molar refractivity (Wildman–Crippen MR) is 78.4 cm³/mol. The number of ether oxygens (including phenoxy) is 6. The number of hydrogen-bond acceptors (Lipinski definition) is 6. The Labute approximate surface area is 123 Å². The van der Waals surface area contributed by atoms with Gasteiger partial charge in [0.1, 0.15) is 0 Å². The average Bonchev–Trinajstić information content (AvgIpc) is 2.47. The number of methoxy groups -OCH3 is 2. The van der Waals surface area contributed by atoms with Crippen LogP contribution < -0.4 is 0 Å². The fraction of sp³-hybridized carbons (Fsp3) is 1.00. The van der Waals surface area contributed by atoms with Gasteiger partial charge in [-0.3, -0.25) is 0 Å². The fourth-order valence-corrected chi connectivity index (χ4v) is 1.01. The first-order valence-corrected chi connectivity index (χ1v) is 7.12. The molecule has 0 aromatic heterocycles. The largest absolute Gasteiger partial charge is 0.382 e. The molecular formula is C14H32O6. The van der Waals surface area contributed by atoms with E-state index in [0.717, 1.165) is 13.2 Å². The summed E-state index contributed by atoms with van der Waals surface area (Å²) in [4.78, 5) is 0. The summed E-state index contributed by atoms with van der Waals surface area (Å²) in [6, 6.07) is 0. The van der Waals surface area contributed by atoms with Gasteiger partial charge in [-0.25, -0.2) is 0 Å². The van der Waals surface area contributed by atoms with Gasteiger partial charge in [0.25, 0.3) is 0 Å². The molecule has 0 N–H and O–H groups in total. The molecule has 124 valence electrons. The van der Waals surface area contributed by atoms with E-state index in [1.165, 1.54) is 0 Å². The van der Waals surface area contributed by atoms with Crippen LogP contribution >= 0.6 is 0 Å². The number of hydrogen-bond donors (Lipinski definition) is 0. The first-order valence-electron chi connectivity index (χ1n) is 7.12. The van der Waals surface area contributed by atoms with Gasteiger partial charge < -0.3 is 28.4 Å². The molecule has 0 aromatic carbocycles. The second-order valence-corrected chi connectivity index (χ2v) is 3.60. The summed E-state index contributed by atoms with van der Waals surface area (Å²) >= 11 is 0. The molecule has 6 heteroatoms. The lowest BCUT2D eigenvalue weighted by molar-refractivity contribution is 0.0195. The molecule has 0 saturated heterocycles. The van der Waals surface area contributed by atoms with E-state index in [9.17, 15) is 0 Å². The molecule has 0 spiro atoms. The van der Waals surface area contributed by atoms with Gasteiger partial charge in [0.15, 0.2) is 0 Å². The van der Waals surface area contributed by atoms with Crippen molar-refractivity contribution in [2.75, 3.05) is 80.3 Å². The van der Waals surface area contributed by atoms with Crippen molar-refractivity contribution >= 4 is 0 Å². The van der Waals surface area contributed by atoms with E-state index < -0.39 is 0 Å². The first kappa shape index (κ1) is 22.0. The lowest BCUT2D eigenvalue weighted by atomic mass is 10.7. The van der Waals surface area contributed by atoms with E-state index in [-0.39, 0.29) is 0 Å². The van der Waals surface area contributed by atoms with Crippen molar-refractivity contribution in [2.45, 2.75) is 13.8 Å². The third-order valence-electron chi connectivity index (χ3n) is 2.02. The Hall–Kier alpha value is -0.240. The van der Waals surface area contributed by atoms with Crippen molar-refractivity contribution in [3.05, 3.63) is 0 Å². The van der Waals surface area contributed by atoms with Gasteiger partial charge >= 0.3 is 0 Å². The molecule has 6 nitrogen and oxygen atoms in total. The third-order valence-corrected chi connectivity index (χ3v) is 2.02. The Morgan fingerprint density at radius 2 is 0.750 bits per heavy atom. The highest BCUT2D eigenvalue weighted by Gasteiger charge is 1.87. The van der Waals surface area contributed by atoms with E-state index in [4.69, 9.17) is 28.4 Å². The molecule has 0 saturated carbocycles. The maximum atomic E-state index is 5.19.